The Kier molecular flexibility index (Phi) is 3.44. The van der Waals surface area contributed by atoms with E-state index in [4.69, 9.17) is 11.6 Å². The molecule has 0 N–H and O–H groups in total. The molecule has 0 aliphatic heterocycles. The molecule has 18 heavy (non-hydrogen) atoms. The third-order valence-electron chi connectivity index (χ3n) is 3.42. The molecule has 2 nitrogen and oxygen atoms in total. The molecule has 0 amide bonds. The Labute approximate surface area is 120 Å². The molecule has 0 unspecified atom stereocenters. The van der Waals surface area contributed by atoms with Gasteiger partial charge in [-0.3, -0.25) is 0 Å². The molecule has 1 aliphatic rings. The van der Waals surface area contributed by atoms with Crippen LogP contribution in [0, 0.1) is 0 Å². The summed E-state index contributed by atoms with van der Waals surface area (Å²) in [6, 6.07) is 8.09. The van der Waals surface area contributed by atoms with E-state index in [1.807, 2.05) is 28.9 Å². The minimum atomic E-state index is 0.786. The Morgan fingerprint density at radius 1 is 1.06 bits per heavy atom. The Hall–Kier alpha value is -0.800. The molecular formula is C14H14BrClN2. The van der Waals surface area contributed by atoms with Crippen LogP contribution in [0.5, 0.6) is 0 Å². The first-order valence-electron chi connectivity index (χ1n) is 6.28. The molecule has 1 aromatic carbocycles. The van der Waals surface area contributed by atoms with Crippen molar-refractivity contribution >= 4 is 27.5 Å². The fourth-order valence-corrected chi connectivity index (χ4v) is 3.05. The highest BCUT2D eigenvalue weighted by molar-refractivity contribution is 9.10. The SMILES string of the molecule is Clc1c2c(nn1-c1ccc(Br)cc1)CCCCC2. The van der Waals surface area contributed by atoms with Crippen molar-refractivity contribution in [1.29, 1.82) is 0 Å². The van der Waals surface area contributed by atoms with Crippen LogP contribution in [0.1, 0.15) is 30.5 Å². The van der Waals surface area contributed by atoms with Crippen molar-refractivity contribution in [3.8, 4) is 5.69 Å². The Balaban J connectivity index is 2.05. The smallest absolute Gasteiger partial charge is 0.136 e. The van der Waals surface area contributed by atoms with Crippen LogP contribution in [0.2, 0.25) is 5.15 Å². The van der Waals surface area contributed by atoms with Gasteiger partial charge in [0.05, 0.1) is 11.4 Å². The van der Waals surface area contributed by atoms with Gasteiger partial charge in [0.15, 0.2) is 0 Å². The normalized spacial score (nSPS) is 15.2. The second-order valence-electron chi connectivity index (χ2n) is 4.66. The third-order valence-corrected chi connectivity index (χ3v) is 4.33. The zero-order valence-corrected chi connectivity index (χ0v) is 12.3. The summed E-state index contributed by atoms with van der Waals surface area (Å²) in [5, 5.41) is 5.47. The topological polar surface area (TPSA) is 17.8 Å². The Morgan fingerprint density at radius 2 is 1.78 bits per heavy atom. The van der Waals surface area contributed by atoms with Gasteiger partial charge >= 0.3 is 0 Å². The van der Waals surface area contributed by atoms with Crippen molar-refractivity contribution in [1.82, 2.24) is 9.78 Å². The lowest BCUT2D eigenvalue weighted by Crippen LogP contribution is -1.97. The summed E-state index contributed by atoms with van der Waals surface area (Å²) in [5.74, 6) is 0. The first-order valence-corrected chi connectivity index (χ1v) is 7.45. The van der Waals surface area contributed by atoms with Gasteiger partial charge in [-0.2, -0.15) is 5.10 Å². The minimum Gasteiger partial charge on any atom is -0.222 e. The van der Waals surface area contributed by atoms with Crippen LogP contribution < -0.4 is 0 Å². The van der Waals surface area contributed by atoms with Gasteiger partial charge < -0.3 is 0 Å². The summed E-state index contributed by atoms with van der Waals surface area (Å²) < 4.78 is 2.93. The zero-order valence-electron chi connectivity index (χ0n) is 10.00. The van der Waals surface area contributed by atoms with Gasteiger partial charge in [0, 0.05) is 10.0 Å². The van der Waals surface area contributed by atoms with E-state index < -0.39 is 0 Å². The van der Waals surface area contributed by atoms with Crippen LogP contribution in [-0.2, 0) is 12.8 Å². The zero-order chi connectivity index (χ0) is 12.5. The molecular weight excluding hydrogens is 312 g/mol. The summed E-state index contributed by atoms with van der Waals surface area (Å²) in [5.41, 5.74) is 3.45. The van der Waals surface area contributed by atoms with E-state index >= 15 is 0 Å². The molecule has 0 atom stereocenters. The predicted molar refractivity (Wildman–Crippen MR) is 77.5 cm³/mol. The molecule has 0 spiro atoms. The van der Waals surface area contributed by atoms with Crippen molar-refractivity contribution in [3.05, 3.63) is 45.1 Å². The van der Waals surface area contributed by atoms with E-state index in [0.29, 0.717) is 0 Å². The highest BCUT2D eigenvalue weighted by Crippen LogP contribution is 2.29. The molecule has 0 radical (unpaired) electrons. The van der Waals surface area contributed by atoms with Crippen LogP contribution in [0.25, 0.3) is 5.69 Å². The molecule has 2 aromatic rings. The second kappa shape index (κ2) is 5.06. The van der Waals surface area contributed by atoms with E-state index in [0.717, 1.165) is 28.2 Å². The molecule has 1 heterocycles. The monoisotopic (exact) mass is 324 g/mol. The molecule has 1 aliphatic carbocycles. The van der Waals surface area contributed by atoms with Gasteiger partial charge in [-0.1, -0.05) is 34.0 Å². The number of rotatable bonds is 1. The molecule has 3 rings (SSSR count). The van der Waals surface area contributed by atoms with E-state index in [-0.39, 0.29) is 0 Å². The van der Waals surface area contributed by atoms with Gasteiger partial charge in [-0.25, -0.2) is 4.68 Å². The highest BCUT2D eigenvalue weighted by Gasteiger charge is 2.18. The number of benzene rings is 1. The predicted octanol–water partition coefficient (Wildman–Crippen LogP) is 4.56. The van der Waals surface area contributed by atoms with Crippen molar-refractivity contribution in [2.45, 2.75) is 32.1 Å². The van der Waals surface area contributed by atoms with Crippen LogP contribution >= 0.6 is 27.5 Å². The third kappa shape index (κ3) is 2.21. The quantitative estimate of drug-likeness (QED) is 0.703. The number of aryl methyl sites for hydroxylation is 1. The van der Waals surface area contributed by atoms with Crippen molar-refractivity contribution in [2.24, 2.45) is 0 Å². The lowest BCUT2D eigenvalue weighted by molar-refractivity contribution is 0.694. The fraction of sp³-hybridized carbons (Fsp3) is 0.357. The van der Waals surface area contributed by atoms with E-state index in [2.05, 4.69) is 21.0 Å². The molecule has 0 bridgehead atoms. The maximum Gasteiger partial charge on any atom is 0.136 e. The summed E-state index contributed by atoms with van der Waals surface area (Å²) in [4.78, 5) is 0. The maximum atomic E-state index is 6.48. The number of aromatic nitrogens is 2. The highest BCUT2D eigenvalue weighted by atomic mass is 79.9. The first-order chi connectivity index (χ1) is 8.75. The molecule has 94 valence electrons. The van der Waals surface area contributed by atoms with Crippen molar-refractivity contribution in [2.75, 3.05) is 0 Å². The minimum absolute atomic E-state index is 0.786. The average molecular weight is 326 g/mol. The summed E-state index contributed by atoms with van der Waals surface area (Å²) in [6.45, 7) is 0. The Morgan fingerprint density at radius 3 is 2.56 bits per heavy atom. The van der Waals surface area contributed by atoms with Crippen molar-refractivity contribution in [3.63, 3.8) is 0 Å². The summed E-state index contributed by atoms with van der Waals surface area (Å²) in [7, 11) is 0. The number of fused-ring (bicyclic) bond motifs is 1. The van der Waals surface area contributed by atoms with Crippen LogP contribution in [0.4, 0.5) is 0 Å². The number of halogens is 2. The van der Waals surface area contributed by atoms with Crippen LogP contribution in [-0.4, -0.2) is 9.78 Å². The number of hydrogen-bond acceptors (Lipinski definition) is 1. The average Bonchev–Trinajstić information content (AvgIpc) is 2.57. The molecule has 1 aromatic heterocycles. The van der Waals surface area contributed by atoms with Crippen LogP contribution in [0.3, 0.4) is 0 Å². The molecule has 0 saturated heterocycles. The van der Waals surface area contributed by atoms with Gasteiger partial charge in [0.2, 0.25) is 0 Å². The fourth-order valence-electron chi connectivity index (χ4n) is 2.44. The maximum absolute atomic E-state index is 6.48. The van der Waals surface area contributed by atoms with Gasteiger partial charge in [0.1, 0.15) is 5.15 Å². The standard InChI is InChI=1S/C14H14BrClN2/c15-10-6-8-11(9-7-10)18-14(16)12-4-2-1-3-5-13(12)17-18/h6-9H,1-5H2. The van der Waals surface area contributed by atoms with E-state index in [9.17, 15) is 0 Å². The largest absolute Gasteiger partial charge is 0.222 e. The molecule has 4 heteroatoms. The van der Waals surface area contributed by atoms with Crippen molar-refractivity contribution < 1.29 is 0 Å². The molecule has 0 saturated carbocycles. The van der Waals surface area contributed by atoms with Gasteiger partial charge in [-0.05, 0) is 49.9 Å². The molecule has 0 fully saturated rings. The van der Waals surface area contributed by atoms with E-state index in [1.165, 1.54) is 30.5 Å². The summed E-state index contributed by atoms with van der Waals surface area (Å²) in [6.07, 6.45) is 5.84. The second-order valence-corrected chi connectivity index (χ2v) is 5.94. The lowest BCUT2D eigenvalue weighted by atomic mass is 10.1. The lowest BCUT2D eigenvalue weighted by Gasteiger charge is -2.04. The van der Waals surface area contributed by atoms with Gasteiger partial charge in [-0.15, -0.1) is 0 Å². The summed E-state index contributed by atoms with van der Waals surface area (Å²) >= 11 is 9.92. The number of hydrogen-bond donors (Lipinski definition) is 0. The van der Waals surface area contributed by atoms with Gasteiger partial charge in [0.25, 0.3) is 0 Å². The Bertz CT molecular complexity index is 560. The van der Waals surface area contributed by atoms with E-state index in [1.54, 1.807) is 0 Å². The first kappa shape index (κ1) is 12.2. The number of nitrogens with zero attached hydrogens (tertiary/aromatic N) is 2. The van der Waals surface area contributed by atoms with Crippen LogP contribution in [0.15, 0.2) is 28.7 Å².